The van der Waals surface area contributed by atoms with Gasteiger partial charge in [-0.05, 0) is 19.9 Å². The summed E-state index contributed by atoms with van der Waals surface area (Å²) >= 11 is 0. The Balaban J connectivity index is 2.62. The summed E-state index contributed by atoms with van der Waals surface area (Å²) in [5.74, 6) is -3.08. The van der Waals surface area contributed by atoms with Crippen molar-refractivity contribution >= 4 is 23.9 Å². The van der Waals surface area contributed by atoms with Crippen molar-refractivity contribution in [1.82, 2.24) is 4.98 Å². The third-order valence-corrected chi connectivity index (χ3v) is 2.46. The molecule has 0 fully saturated rings. The van der Waals surface area contributed by atoms with Gasteiger partial charge in [-0.25, -0.2) is 19.2 Å². The lowest BCUT2D eigenvalue weighted by molar-refractivity contribution is -0.147. The largest absolute Gasteiger partial charge is 0.463 e. The van der Waals surface area contributed by atoms with E-state index in [0.29, 0.717) is 0 Å². The van der Waals surface area contributed by atoms with Crippen LogP contribution < -0.4 is 0 Å². The molecule has 24 heavy (non-hydrogen) atoms. The zero-order valence-corrected chi connectivity index (χ0v) is 13.3. The Morgan fingerprint density at radius 2 is 1.21 bits per heavy atom. The molecule has 1 heterocycles. The first-order valence-electron chi connectivity index (χ1n) is 7.08. The summed E-state index contributed by atoms with van der Waals surface area (Å²) in [6.07, 6.45) is 2.32. The first-order chi connectivity index (χ1) is 11.5. The molecule has 0 unspecified atom stereocenters. The van der Waals surface area contributed by atoms with Crippen LogP contribution in [0.15, 0.2) is 18.5 Å². The molecule has 9 nitrogen and oxygen atoms in total. The molecule has 0 amide bonds. The fraction of sp³-hybridized carbons (Fsp3) is 0.400. The molecule has 1 aromatic heterocycles. The minimum absolute atomic E-state index is 0.0510. The van der Waals surface area contributed by atoms with Crippen molar-refractivity contribution in [1.29, 1.82) is 0 Å². The number of aromatic nitrogens is 1. The summed E-state index contributed by atoms with van der Waals surface area (Å²) in [6, 6.07) is 1.17. The molecule has 130 valence electrons. The highest BCUT2D eigenvalue weighted by Crippen LogP contribution is 2.06. The van der Waals surface area contributed by atoms with E-state index >= 15 is 0 Å². The van der Waals surface area contributed by atoms with Gasteiger partial charge in [0, 0.05) is 12.4 Å². The molecule has 0 atom stereocenters. The molecule has 0 aliphatic carbocycles. The van der Waals surface area contributed by atoms with E-state index in [1.165, 1.54) is 6.07 Å². The zero-order chi connectivity index (χ0) is 17.9. The van der Waals surface area contributed by atoms with E-state index in [4.69, 9.17) is 9.47 Å². The standard InChI is InChI=1S/C15H17NO8/c1-3-21-12(17)8-23-14(19)10-5-11(7-16-6-10)15(20)24-9-13(18)22-4-2/h5-7H,3-4,8-9H2,1-2H3. The summed E-state index contributed by atoms with van der Waals surface area (Å²) in [5.41, 5.74) is -0.102. The molecule has 9 heteroatoms. The molecule has 0 spiro atoms. The summed E-state index contributed by atoms with van der Waals surface area (Å²) in [6.45, 7) is 2.47. The van der Waals surface area contributed by atoms with Crippen molar-refractivity contribution in [2.45, 2.75) is 13.8 Å². The van der Waals surface area contributed by atoms with Gasteiger partial charge in [0.2, 0.25) is 0 Å². The van der Waals surface area contributed by atoms with Crippen LogP contribution in [0.5, 0.6) is 0 Å². The van der Waals surface area contributed by atoms with Crippen molar-refractivity contribution in [2.24, 2.45) is 0 Å². The molecule has 0 aliphatic rings. The second kappa shape index (κ2) is 9.93. The first-order valence-corrected chi connectivity index (χ1v) is 7.08. The number of hydrogen-bond acceptors (Lipinski definition) is 9. The van der Waals surface area contributed by atoms with Crippen LogP contribution in [0.3, 0.4) is 0 Å². The van der Waals surface area contributed by atoms with Gasteiger partial charge in [-0.2, -0.15) is 0 Å². The molecule has 1 aromatic rings. The Bertz CT molecular complexity index is 564. The summed E-state index contributed by atoms with van der Waals surface area (Å²) in [4.78, 5) is 49.5. The number of esters is 4. The minimum Gasteiger partial charge on any atom is -0.463 e. The number of carbonyl (C=O) groups is 4. The lowest BCUT2D eigenvalue weighted by atomic mass is 10.2. The number of rotatable bonds is 8. The fourth-order valence-corrected chi connectivity index (χ4v) is 1.48. The van der Waals surface area contributed by atoms with E-state index in [1.54, 1.807) is 13.8 Å². The van der Waals surface area contributed by atoms with Gasteiger partial charge in [0.05, 0.1) is 24.3 Å². The van der Waals surface area contributed by atoms with Gasteiger partial charge in [-0.15, -0.1) is 0 Å². The molecule has 0 saturated heterocycles. The third kappa shape index (κ3) is 6.42. The van der Waals surface area contributed by atoms with Crippen molar-refractivity contribution < 1.29 is 38.1 Å². The summed E-state index contributed by atoms with van der Waals surface area (Å²) < 4.78 is 18.7. The van der Waals surface area contributed by atoms with E-state index in [1.807, 2.05) is 0 Å². The Kier molecular flexibility index (Phi) is 7.89. The van der Waals surface area contributed by atoms with E-state index in [-0.39, 0.29) is 24.3 Å². The van der Waals surface area contributed by atoms with Gasteiger partial charge in [0.1, 0.15) is 0 Å². The van der Waals surface area contributed by atoms with Crippen molar-refractivity contribution in [3.8, 4) is 0 Å². The molecular formula is C15H17NO8. The maximum Gasteiger partial charge on any atom is 0.344 e. The SMILES string of the molecule is CCOC(=O)COC(=O)c1cncc(C(=O)OCC(=O)OCC)c1. The van der Waals surface area contributed by atoms with Crippen LogP contribution in [0.4, 0.5) is 0 Å². The first kappa shape index (κ1) is 19.1. The third-order valence-electron chi connectivity index (χ3n) is 2.46. The second-order valence-corrected chi connectivity index (χ2v) is 4.22. The molecule has 0 saturated carbocycles. The maximum absolute atomic E-state index is 11.8. The van der Waals surface area contributed by atoms with Crippen molar-refractivity contribution in [2.75, 3.05) is 26.4 Å². The highest BCUT2D eigenvalue weighted by molar-refractivity contribution is 5.95. The van der Waals surface area contributed by atoms with Gasteiger partial charge < -0.3 is 18.9 Å². The van der Waals surface area contributed by atoms with E-state index in [9.17, 15) is 19.2 Å². The number of nitrogens with zero attached hydrogens (tertiary/aromatic N) is 1. The van der Waals surface area contributed by atoms with Crippen LogP contribution in [-0.2, 0) is 28.5 Å². The number of hydrogen-bond donors (Lipinski definition) is 0. The number of pyridine rings is 1. The average Bonchev–Trinajstić information content (AvgIpc) is 2.58. The maximum atomic E-state index is 11.8. The van der Waals surface area contributed by atoms with Crippen molar-refractivity contribution in [3.63, 3.8) is 0 Å². The number of ether oxygens (including phenoxy) is 4. The van der Waals surface area contributed by atoms with Crippen molar-refractivity contribution in [3.05, 3.63) is 29.6 Å². The monoisotopic (exact) mass is 339 g/mol. The normalized spacial score (nSPS) is 9.75. The van der Waals surface area contributed by atoms with Gasteiger partial charge >= 0.3 is 23.9 Å². The molecule has 0 N–H and O–H groups in total. The molecule has 1 rings (SSSR count). The molecule has 0 radical (unpaired) electrons. The summed E-state index contributed by atoms with van der Waals surface area (Å²) in [7, 11) is 0. The van der Waals surface area contributed by atoms with Crippen LogP contribution in [-0.4, -0.2) is 55.3 Å². The van der Waals surface area contributed by atoms with Crippen LogP contribution >= 0.6 is 0 Å². The minimum atomic E-state index is -0.851. The van der Waals surface area contributed by atoms with Gasteiger partial charge in [-0.1, -0.05) is 0 Å². The van der Waals surface area contributed by atoms with Gasteiger partial charge in [0.25, 0.3) is 0 Å². The lowest BCUT2D eigenvalue weighted by Gasteiger charge is -2.06. The second-order valence-electron chi connectivity index (χ2n) is 4.22. The van der Waals surface area contributed by atoms with Crippen LogP contribution in [0.2, 0.25) is 0 Å². The van der Waals surface area contributed by atoms with Gasteiger partial charge in [-0.3, -0.25) is 4.98 Å². The van der Waals surface area contributed by atoms with E-state index in [0.717, 1.165) is 12.4 Å². The van der Waals surface area contributed by atoms with Gasteiger partial charge in [0.15, 0.2) is 13.2 Å². The van der Waals surface area contributed by atoms with E-state index < -0.39 is 37.1 Å². The quantitative estimate of drug-likeness (QED) is 0.493. The Hall–Kier alpha value is -2.97. The predicted octanol–water partition coefficient (Wildman–Crippen LogP) is 0.521. The van der Waals surface area contributed by atoms with Crippen LogP contribution in [0, 0.1) is 0 Å². The Labute approximate surface area is 137 Å². The lowest BCUT2D eigenvalue weighted by Crippen LogP contribution is -2.18. The number of carbonyl (C=O) groups excluding carboxylic acids is 4. The Morgan fingerprint density at radius 1 is 0.792 bits per heavy atom. The topological polar surface area (TPSA) is 118 Å². The van der Waals surface area contributed by atoms with Crippen LogP contribution in [0.1, 0.15) is 34.6 Å². The summed E-state index contributed by atoms with van der Waals surface area (Å²) in [5, 5.41) is 0. The fourth-order valence-electron chi connectivity index (χ4n) is 1.48. The molecular weight excluding hydrogens is 322 g/mol. The Morgan fingerprint density at radius 3 is 1.58 bits per heavy atom. The highest BCUT2D eigenvalue weighted by atomic mass is 16.6. The van der Waals surface area contributed by atoms with Crippen LogP contribution in [0.25, 0.3) is 0 Å². The smallest absolute Gasteiger partial charge is 0.344 e. The highest BCUT2D eigenvalue weighted by Gasteiger charge is 2.16. The predicted molar refractivity (Wildman–Crippen MR) is 78.1 cm³/mol. The zero-order valence-electron chi connectivity index (χ0n) is 13.3. The van der Waals surface area contributed by atoms with E-state index in [2.05, 4.69) is 14.5 Å². The molecule has 0 aromatic carbocycles. The molecule has 0 bridgehead atoms. The average molecular weight is 339 g/mol. The molecule has 0 aliphatic heterocycles.